The monoisotopic (exact) mass is 403 g/mol. The van der Waals surface area contributed by atoms with Gasteiger partial charge in [-0.15, -0.1) is 0 Å². The smallest absolute Gasteiger partial charge is 0.311 e. The van der Waals surface area contributed by atoms with Gasteiger partial charge in [-0.25, -0.2) is 5.43 Å². The molecule has 0 heterocycles. The SMILES string of the molecule is C/C(=N/NC(=O)COc1ccc(C)cc1[N+](=O)[O-])c1ccc(-c2ccccc2)cc1. The van der Waals surface area contributed by atoms with Crippen LogP contribution in [0.5, 0.6) is 5.75 Å². The first-order valence-electron chi connectivity index (χ1n) is 9.31. The van der Waals surface area contributed by atoms with Crippen molar-refractivity contribution in [2.45, 2.75) is 13.8 Å². The van der Waals surface area contributed by atoms with Crippen LogP contribution in [0.3, 0.4) is 0 Å². The Bertz CT molecular complexity index is 1080. The number of amides is 1. The van der Waals surface area contributed by atoms with E-state index in [0.717, 1.165) is 22.3 Å². The lowest BCUT2D eigenvalue weighted by Crippen LogP contribution is -2.25. The predicted molar refractivity (Wildman–Crippen MR) is 116 cm³/mol. The molecule has 0 spiro atoms. The molecule has 0 aliphatic rings. The van der Waals surface area contributed by atoms with Crippen LogP contribution in [0.25, 0.3) is 11.1 Å². The number of nitro benzene ring substituents is 1. The molecule has 0 fully saturated rings. The summed E-state index contributed by atoms with van der Waals surface area (Å²) in [6, 6.07) is 22.4. The normalized spacial score (nSPS) is 11.1. The lowest BCUT2D eigenvalue weighted by Gasteiger charge is -2.07. The number of nitro groups is 1. The zero-order chi connectivity index (χ0) is 21.5. The van der Waals surface area contributed by atoms with Gasteiger partial charge in [-0.05, 0) is 42.2 Å². The van der Waals surface area contributed by atoms with Crippen LogP contribution in [0, 0.1) is 17.0 Å². The molecule has 0 saturated carbocycles. The molecule has 0 atom stereocenters. The average Bonchev–Trinajstić information content (AvgIpc) is 2.77. The molecule has 0 saturated heterocycles. The van der Waals surface area contributed by atoms with Gasteiger partial charge < -0.3 is 4.74 Å². The summed E-state index contributed by atoms with van der Waals surface area (Å²) in [5.41, 5.74) is 6.67. The maximum Gasteiger partial charge on any atom is 0.311 e. The van der Waals surface area contributed by atoms with Crippen molar-refractivity contribution in [2.24, 2.45) is 5.10 Å². The van der Waals surface area contributed by atoms with Gasteiger partial charge in [0.1, 0.15) is 0 Å². The molecule has 0 aliphatic carbocycles. The van der Waals surface area contributed by atoms with Crippen molar-refractivity contribution in [1.82, 2.24) is 5.43 Å². The van der Waals surface area contributed by atoms with Crippen LogP contribution in [-0.4, -0.2) is 23.1 Å². The second kappa shape index (κ2) is 9.47. The molecule has 152 valence electrons. The van der Waals surface area contributed by atoms with Crippen LogP contribution in [-0.2, 0) is 4.79 Å². The van der Waals surface area contributed by atoms with E-state index in [1.807, 2.05) is 54.6 Å². The first-order valence-corrected chi connectivity index (χ1v) is 9.31. The van der Waals surface area contributed by atoms with E-state index in [2.05, 4.69) is 10.5 Å². The summed E-state index contributed by atoms with van der Waals surface area (Å²) in [4.78, 5) is 22.6. The average molecular weight is 403 g/mol. The van der Waals surface area contributed by atoms with Crippen LogP contribution < -0.4 is 10.2 Å². The Morgan fingerprint density at radius 2 is 1.70 bits per heavy atom. The van der Waals surface area contributed by atoms with Gasteiger partial charge in [0.2, 0.25) is 0 Å². The van der Waals surface area contributed by atoms with Crippen molar-refractivity contribution < 1.29 is 14.5 Å². The lowest BCUT2D eigenvalue weighted by molar-refractivity contribution is -0.385. The van der Waals surface area contributed by atoms with Gasteiger partial charge >= 0.3 is 5.69 Å². The van der Waals surface area contributed by atoms with Crippen LogP contribution in [0.2, 0.25) is 0 Å². The number of nitrogens with one attached hydrogen (secondary N) is 1. The summed E-state index contributed by atoms with van der Waals surface area (Å²) in [6.45, 7) is 3.14. The van der Waals surface area contributed by atoms with Gasteiger partial charge in [-0.2, -0.15) is 5.10 Å². The fourth-order valence-electron chi connectivity index (χ4n) is 2.81. The number of hydrazone groups is 1. The van der Waals surface area contributed by atoms with E-state index in [4.69, 9.17) is 4.74 Å². The molecule has 0 unspecified atom stereocenters. The molecule has 0 radical (unpaired) electrons. The largest absolute Gasteiger partial charge is 0.477 e. The van der Waals surface area contributed by atoms with Gasteiger partial charge in [0.25, 0.3) is 5.91 Å². The van der Waals surface area contributed by atoms with Crippen molar-refractivity contribution in [3.8, 4) is 16.9 Å². The maximum absolute atomic E-state index is 12.0. The summed E-state index contributed by atoms with van der Waals surface area (Å²) in [5.74, 6) is -0.469. The molecular formula is C23H21N3O4. The number of carbonyl (C=O) groups is 1. The van der Waals surface area contributed by atoms with Gasteiger partial charge in [-0.3, -0.25) is 14.9 Å². The highest BCUT2D eigenvalue weighted by Gasteiger charge is 2.16. The molecule has 3 aromatic carbocycles. The molecule has 30 heavy (non-hydrogen) atoms. The molecule has 7 heteroatoms. The number of rotatable bonds is 7. The standard InChI is InChI=1S/C23H21N3O4/c1-16-8-13-22(21(14-16)26(28)29)30-15-23(27)25-24-17(2)18-9-11-20(12-10-18)19-6-4-3-5-7-19/h3-14H,15H2,1-2H3,(H,25,27)/b24-17-. The first-order chi connectivity index (χ1) is 14.4. The Hall–Kier alpha value is -4.00. The van der Waals surface area contributed by atoms with Crippen molar-refractivity contribution >= 4 is 17.3 Å². The van der Waals surface area contributed by atoms with E-state index in [0.29, 0.717) is 5.71 Å². The summed E-state index contributed by atoms with van der Waals surface area (Å²) in [6.07, 6.45) is 0. The van der Waals surface area contributed by atoms with Crippen molar-refractivity contribution in [2.75, 3.05) is 6.61 Å². The minimum Gasteiger partial charge on any atom is -0.477 e. The molecule has 0 aliphatic heterocycles. The quantitative estimate of drug-likeness (QED) is 0.357. The third kappa shape index (κ3) is 5.29. The minimum absolute atomic E-state index is 0.0398. The van der Waals surface area contributed by atoms with E-state index < -0.39 is 10.8 Å². The van der Waals surface area contributed by atoms with Gasteiger partial charge in [0.05, 0.1) is 10.6 Å². The molecular weight excluding hydrogens is 382 g/mol. The number of hydrogen-bond donors (Lipinski definition) is 1. The van der Waals surface area contributed by atoms with E-state index in [1.165, 1.54) is 12.1 Å². The molecule has 7 nitrogen and oxygen atoms in total. The van der Waals surface area contributed by atoms with Gasteiger partial charge in [-0.1, -0.05) is 60.7 Å². The van der Waals surface area contributed by atoms with Crippen molar-refractivity contribution in [3.63, 3.8) is 0 Å². The molecule has 0 bridgehead atoms. The summed E-state index contributed by atoms with van der Waals surface area (Å²) in [7, 11) is 0. The molecule has 1 amide bonds. The molecule has 1 N–H and O–H groups in total. The van der Waals surface area contributed by atoms with E-state index in [9.17, 15) is 14.9 Å². The van der Waals surface area contributed by atoms with E-state index >= 15 is 0 Å². The predicted octanol–water partition coefficient (Wildman–Crippen LogP) is 4.49. The third-order valence-corrected chi connectivity index (χ3v) is 4.43. The van der Waals surface area contributed by atoms with Crippen LogP contribution in [0.1, 0.15) is 18.1 Å². The fourth-order valence-corrected chi connectivity index (χ4v) is 2.81. The van der Waals surface area contributed by atoms with Crippen molar-refractivity contribution in [1.29, 1.82) is 0 Å². The zero-order valence-corrected chi connectivity index (χ0v) is 16.7. The Morgan fingerprint density at radius 3 is 2.37 bits per heavy atom. The first kappa shape index (κ1) is 20.7. The number of nitrogens with zero attached hydrogens (tertiary/aromatic N) is 2. The zero-order valence-electron chi connectivity index (χ0n) is 16.7. The summed E-state index contributed by atoms with van der Waals surface area (Å²) < 4.78 is 5.29. The third-order valence-electron chi connectivity index (χ3n) is 4.43. The number of ether oxygens (including phenoxy) is 1. The highest BCUT2D eigenvalue weighted by Crippen LogP contribution is 2.27. The molecule has 0 aromatic heterocycles. The van der Waals surface area contributed by atoms with E-state index in [1.54, 1.807) is 19.9 Å². The van der Waals surface area contributed by atoms with Gasteiger partial charge in [0.15, 0.2) is 12.4 Å². The summed E-state index contributed by atoms with van der Waals surface area (Å²) >= 11 is 0. The highest BCUT2D eigenvalue weighted by atomic mass is 16.6. The topological polar surface area (TPSA) is 93.8 Å². The Kier molecular flexibility index (Phi) is 6.54. The minimum atomic E-state index is -0.540. The number of hydrogen-bond acceptors (Lipinski definition) is 5. The second-order valence-electron chi connectivity index (χ2n) is 6.69. The molecule has 3 rings (SSSR count). The highest BCUT2D eigenvalue weighted by molar-refractivity contribution is 5.99. The van der Waals surface area contributed by atoms with Gasteiger partial charge in [0, 0.05) is 6.07 Å². The Morgan fingerprint density at radius 1 is 1.03 bits per heavy atom. The van der Waals surface area contributed by atoms with Crippen molar-refractivity contribution in [3.05, 3.63) is 94.0 Å². The summed E-state index contributed by atoms with van der Waals surface area (Å²) in [5, 5.41) is 15.2. The number of benzene rings is 3. The fraction of sp³-hybridized carbons (Fsp3) is 0.130. The Labute approximate surface area is 174 Å². The maximum atomic E-state index is 12.0. The second-order valence-corrected chi connectivity index (χ2v) is 6.69. The number of carbonyl (C=O) groups excluding carboxylic acids is 1. The Balaban J connectivity index is 1.59. The lowest BCUT2D eigenvalue weighted by atomic mass is 10.0. The van der Waals surface area contributed by atoms with Crippen LogP contribution >= 0.6 is 0 Å². The molecule has 3 aromatic rings. The van der Waals surface area contributed by atoms with E-state index in [-0.39, 0.29) is 18.0 Å². The number of aryl methyl sites for hydroxylation is 1. The van der Waals surface area contributed by atoms with Crippen LogP contribution in [0.15, 0.2) is 77.9 Å². The van der Waals surface area contributed by atoms with Crippen LogP contribution in [0.4, 0.5) is 5.69 Å².